The first kappa shape index (κ1) is 15.2. The summed E-state index contributed by atoms with van der Waals surface area (Å²) in [6.07, 6.45) is 0.487. The fourth-order valence-corrected chi connectivity index (χ4v) is 2.42. The van der Waals surface area contributed by atoms with Gasteiger partial charge < -0.3 is 5.73 Å². The van der Waals surface area contributed by atoms with Gasteiger partial charge in [-0.1, -0.05) is 49.4 Å². The minimum atomic E-state index is -0.996. The van der Waals surface area contributed by atoms with Crippen molar-refractivity contribution in [2.75, 3.05) is 0 Å². The zero-order chi connectivity index (χ0) is 15.3. The first-order valence-corrected chi connectivity index (χ1v) is 6.93. The number of nitrogens with one attached hydrogen (secondary N) is 1. The van der Waals surface area contributed by atoms with Crippen LogP contribution in [0.25, 0.3) is 0 Å². The Hall–Kier alpha value is -2.20. The van der Waals surface area contributed by atoms with Crippen LogP contribution < -0.4 is 11.1 Å². The van der Waals surface area contributed by atoms with Crippen LogP contribution in [0.2, 0.25) is 0 Å². The molecule has 2 rings (SSSR count). The van der Waals surface area contributed by atoms with E-state index in [9.17, 15) is 9.18 Å². The molecule has 2 aromatic carbocycles. The van der Waals surface area contributed by atoms with Gasteiger partial charge >= 0.3 is 0 Å². The number of rotatable bonds is 6. The predicted octanol–water partition coefficient (Wildman–Crippen LogP) is 2.71. The second-order valence-electron chi connectivity index (χ2n) is 4.97. The zero-order valence-corrected chi connectivity index (χ0v) is 12.0. The molecule has 1 atom stereocenters. The van der Waals surface area contributed by atoms with E-state index in [1.807, 2.05) is 37.3 Å². The first-order chi connectivity index (χ1) is 10.1. The molecule has 1 unspecified atom stereocenters. The van der Waals surface area contributed by atoms with E-state index in [4.69, 9.17) is 5.73 Å². The number of hydrogen-bond acceptors (Lipinski definition) is 2. The molecule has 0 fully saturated rings. The lowest BCUT2D eigenvalue weighted by molar-refractivity contribution is -0.125. The summed E-state index contributed by atoms with van der Waals surface area (Å²) in [6.45, 7) is 2.39. The summed E-state index contributed by atoms with van der Waals surface area (Å²) in [4.78, 5) is 12.0. The van der Waals surface area contributed by atoms with E-state index in [1.54, 1.807) is 12.1 Å². The Balaban J connectivity index is 2.29. The fraction of sp³-hybridized carbons (Fsp3) is 0.235. The molecule has 0 radical (unpaired) electrons. The summed E-state index contributed by atoms with van der Waals surface area (Å²) in [5.74, 6) is -0.802. The summed E-state index contributed by atoms with van der Waals surface area (Å²) < 4.78 is 13.1. The molecule has 0 heterocycles. The maximum Gasteiger partial charge on any atom is 0.242 e. The lowest BCUT2D eigenvalue weighted by Crippen LogP contribution is -2.52. The van der Waals surface area contributed by atoms with Gasteiger partial charge in [-0.3, -0.25) is 10.1 Å². The van der Waals surface area contributed by atoms with Crippen LogP contribution in [-0.2, 0) is 16.9 Å². The van der Waals surface area contributed by atoms with Crippen LogP contribution in [0.1, 0.15) is 24.5 Å². The smallest absolute Gasteiger partial charge is 0.242 e. The normalized spacial score (nSPS) is 13.6. The van der Waals surface area contributed by atoms with Crippen LogP contribution in [0.3, 0.4) is 0 Å². The molecule has 3 nitrogen and oxygen atoms in total. The van der Waals surface area contributed by atoms with Gasteiger partial charge in [-0.2, -0.15) is 0 Å². The topological polar surface area (TPSA) is 55.1 Å². The van der Waals surface area contributed by atoms with Crippen LogP contribution in [0.15, 0.2) is 54.6 Å². The molecule has 0 aliphatic heterocycles. The van der Waals surface area contributed by atoms with Crippen LogP contribution in [0.4, 0.5) is 4.39 Å². The van der Waals surface area contributed by atoms with Gasteiger partial charge in [-0.05, 0) is 29.7 Å². The minimum absolute atomic E-state index is 0.337. The largest absolute Gasteiger partial charge is 0.368 e. The van der Waals surface area contributed by atoms with E-state index < -0.39 is 11.4 Å². The minimum Gasteiger partial charge on any atom is -0.368 e. The van der Waals surface area contributed by atoms with Crippen LogP contribution >= 0.6 is 0 Å². The lowest BCUT2D eigenvalue weighted by Gasteiger charge is -2.31. The molecule has 0 bridgehead atoms. The molecule has 0 spiro atoms. The molecule has 0 aliphatic carbocycles. The molecule has 2 aromatic rings. The SMILES string of the molecule is CCC(NCc1ccccc1)(C(N)=O)c1ccc(F)cc1. The van der Waals surface area contributed by atoms with Crippen molar-refractivity contribution < 1.29 is 9.18 Å². The van der Waals surface area contributed by atoms with Crippen molar-refractivity contribution in [3.8, 4) is 0 Å². The molecule has 0 saturated carbocycles. The van der Waals surface area contributed by atoms with Crippen LogP contribution in [-0.4, -0.2) is 5.91 Å². The highest BCUT2D eigenvalue weighted by atomic mass is 19.1. The van der Waals surface area contributed by atoms with E-state index in [-0.39, 0.29) is 5.82 Å². The molecular weight excluding hydrogens is 267 g/mol. The molecule has 3 N–H and O–H groups in total. The Bertz CT molecular complexity index is 598. The van der Waals surface area contributed by atoms with Gasteiger partial charge in [0.2, 0.25) is 5.91 Å². The van der Waals surface area contributed by atoms with Crippen molar-refractivity contribution in [3.63, 3.8) is 0 Å². The maximum atomic E-state index is 13.1. The summed E-state index contributed by atoms with van der Waals surface area (Å²) in [6, 6.07) is 15.6. The van der Waals surface area contributed by atoms with Crippen molar-refractivity contribution in [3.05, 3.63) is 71.5 Å². The molecule has 0 aliphatic rings. The zero-order valence-electron chi connectivity index (χ0n) is 12.0. The average molecular weight is 286 g/mol. The van der Waals surface area contributed by atoms with Crippen molar-refractivity contribution in [1.82, 2.24) is 5.32 Å². The summed E-state index contributed by atoms with van der Waals surface area (Å²) >= 11 is 0. The number of amides is 1. The average Bonchev–Trinajstić information content (AvgIpc) is 2.50. The van der Waals surface area contributed by atoms with Crippen LogP contribution in [0.5, 0.6) is 0 Å². The number of carbonyl (C=O) groups excluding carboxylic acids is 1. The van der Waals surface area contributed by atoms with Crippen molar-refractivity contribution in [1.29, 1.82) is 0 Å². The Morgan fingerprint density at radius 1 is 1.14 bits per heavy atom. The van der Waals surface area contributed by atoms with Crippen molar-refractivity contribution >= 4 is 5.91 Å². The van der Waals surface area contributed by atoms with E-state index in [0.29, 0.717) is 18.5 Å². The second kappa shape index (κ2) is 6.50. The number of hydrogen-bond donors (Lipinski definition) is 2. The highest BCUT2D eigenvalue weighted by molar-refractivity contribution is 5.86. The van der Waals surface area contributed by atoms with Crippen LogP contribution in [0, 0.1) is 5.82 Å². The Morgan fingerprint density at radius 2 is 1.76 bits per heavy atom. The highest BCUT2D eigenvalue weighted by Gasteiger charge is 2.36. The molecule has 0 saturated heterocycles. The molecule has 0 aromatic heterocycles. The van der Waals surface area contributed by atoms with Gasteiger partial charge in [0.15, 0.2) is 0 Å². The third kappa shape index (κ3) is 3.28. The summed E-state index contributed by atoms with van der Waals surface area (Å²) in [5, 5.41) is 3.24. The fourth-order valence-electron chi connectivity index (χ4n) is 2.42. The second-order valence-corrected chi connectivity index (χ2v) is 4.97. The van der Waals surface area contributed by atoms with E-state index >= 15 is 0 Å². The van der Waals surface area contributed by atoms with Gasteiger partial charge in [-0.25, -0.2) is 4.39 Å². The molecule has 21 heavy (non-hydrogen) atoms. The number of primary amides is 1. The molecule has 1 amide bonds. The molecule has 4 heteroatoms. The lowest BCUT2D eigenvalue weighted by atomic mass is 9.86. The predicted molar refractivity (Wildman–Crippen MR) is 80.8 cm³/mol. The van der Waals surface area contributed by atoms with Crippen molar-refractivity contribution in [2.45, 2.75) is 25.4 Å². The quantitative estimate of drug-likeness (QED) is 0.858. The Morgan fingerprint density at radius 3 is 2.29 bits per heavy atom. The third-order valence-electron chi connectivity index (χ3n) is 3.73. The summed E-state index contributed by atoms with van der Waals surface area (Å²) in [5.41, 5.74) is 6.35. The van der Waals surface area contributed by atoms with Gasteiger partial charge in [-0.15, -0.1) is 0 Å². The van der Waals surface area contributed by atoms with Gasteiger partial charge in [0, 0.05) is 6.54 Å². The Labute approximate surface area is 124 Å². The van der Waals surface area contributed by atoms with Gasteiger partial charge in [0.25, 0.3) is 0 Å². The van der Waals surface area contributed by atoms with Gasteiger partial charge in [0.1, 0.15) is 11.4 Å². The van der Waals surface area contributed by atoms with E-state index in [2.05, 4.69) is 5.32 Å². The third-order valence-corrected chi connectivity index (χ3v) is 3.73. The van der Waals surface area contributed by atoms with Crippen molar-refractivity contribution in [2.24, 2.45) is 5.73 Å². The number of nitrogens with two attached hydrogens (primary N) is 1. The number of carbonyl (C=O) groups is 1. The summed E-state index contributed by atoms with van der Waals surface area (Å²) in [7, 11) is 0. The van der Waals surface area contributed by atoms with E-state index in [0.717, 1.165) is 5.56 Å². The monoisotopic (exact) mass is 286 g/mol. The van der Waals surface area contributed by atoms with Gasteiger partial charge in [0.05, 0.1) is 0 Å². The maximum absolute atomic E-state index is 13.1. The highest BCUT2D eigenvalue weighted by Crippen LogP contribution is 2.25. The number of benzene rings is 2. The first-order valence-electron chi connectivity index (χ1n) is 6.93. The number of halogens is 1. The standard InChI is InChI=1S/C17H19FN2O/c1-2-17(16(19)21,14-8-10-15(18)11-9-14)20-12-13-6-4-3-5-7-13/h3-11,20H,2,12H2,1H3,(H2,19,21). The van der Waals surface area contributed by atoms with E-state index in [1.165, 1.54) is 12.1 Å². The molecule has 110 valence electrons. The molecular formula is C17H19FN2O. The Kier molecular flexibility index (Phi) is 4.70.